The zero-order valence-corrected chi connectivity index (χ0v) is 21.9. The highest BCUT2D eigenvalue weighted by molar-refractivity contribution is 6.74. The molecule has 1 rings (SSSR count). The lowest BCUT2D eigenvalue weighted by atomic mass is 9.91. The first kappa shape index (κ1) is 27.6. The van der Waals surface area contributed by atoms with Crippen LogP contribution in [0.25, 0.3) is 0 Å². The number of ether oxygens (including phenoxy) is 2. The van der Waals surface area contributed by atoms with Gasteiger partial charge in [-0.3, -0.25) is 0 Å². The summed E-state index contributed by atoms with van der Waals surface area (Å²) in [4.78, 5) is 0. The van der Waals surface area contributed by atoms with E-state index in [1.807, 2.05) is 31.2 Å². The van der Waals surface area contributed by atoms with Gasteiger partial charge >= 0.3 is 0 Å². The molecule has 0 aromatic heterocycles. The molecule has 0 bridgehead atoms. The standard InChI is InChI=1S/C26H44O4Si/c1-10-12-24(27)26(6,29-20-22-14-16-23(28-7)17-15-22)18-11-13-21(2)19-30-31(8,9)25(3,4)5/h10-11,13-17,21,24,27H,1,12,18-20H2,2-9H3/b13-11+/t21-,24-,26-/m1/s1. The number of benzene rings is 1. The van der Waals surface area contributed by atoms with Crippen LogP contribution in [0.4, 0.5) is 0 Å². The summed E-state index contributed by atoms with van der Waals surface area (Å²) < 4.78 is 17.8. The molecule has 0 aliphatic carbocycles. The maximum atomic E-state index is 10.7. The summed E-state index contributed by atoms with van der Waals surface area (Å²) in [5, 5.41) is 10.9. The average molecular weight is 449 g/mol. The Hall–Kier alpha value is -1.40. The van der Waals surface area contributed by atoms with Gasteiger partial charge in [0.15, 0.2) is 8.32 Å². The molecule has 31 heavy (non-hydrogen) atoms. The van der Waals surface area contributed by atoms with Crippen LogP contribution in [0.5, 0.6) is 5.75 Å². The van der Waals surface area contributed by atoms with E-state index < -0.39 is 20.0 Å². The van der Waals surface area contributed by atoms with E-state index in [1.165, 1.54) is 0 Å². The average Bonchev–Trinajstić information content (AvgIpc) is 2.70. The van der Waals surface area contributed by atoms with Gasteiger partial charge < -0.3 is 19.0 Å². The van der Waals surface area contributed by atoms with E-state index in [4.69, 9.17) is 13.9 Å². The highest BCUT2D eigenvalue weighted by Gasteiger charge is 2.37. The van der Waals surface area contributed by atoms with Gasteiger partial charge in [-0.25, -0.2) is 0 Å². The van der Waals surface area contributed by atoms with Crippen LogP contribution in [0.15, 0.2) is 49.1 Å². The summed E-state index contributed by atoms with van der Waals surface area (Å²) in [6, 6.07) is 7.80. The highest BCUT2D eigenvalue weighted by atomic mass is 28.4. The van der Waals surface area contributed by atoms with E-state index in [-0.39, 0.29) is 5.04 Å². The molecule has 1 N–H and O–H groups in total. The molecule has 176 valence electrons. The quantitative estimate of drug-likeness (QED) is 0.276. The smallest absolute Gasteiger partial charge is 0.192 e. The van der Waals surface area contributed by atoms with Crippen molar-refractivity contribution in [3.8, 4) is 5.75 Å². The fraction of sp³-hybridized carbons (Fsp3) is 0.615. The topological polar surface area (TPSA) is 47.9 Å². The van der Waals surface area contributed by atoms with E-state index in [1.54, 1.807) is 13.2 Å². The lowest BCUT2D eigenvalue weighted by Gasteiger charge is -2.36. The Bertz CT molecular complexity index is 690. The Labute approximate surface area is 191 Å². The summed E-state index contributed by atoms with van der Waals surface area (Å²) in [7, 11) is -0.0961. The minimum Gasteiger partial charge on any atom is -0.497 e. The van der Waals surface area contributed by atoms with Crippen LogP contribution in [0.1, 0.15) is 53.0 Å². The number of hydrogen-bond acceptors (Lipinski definition) is 4. The second-order valence-electron chi connectivity index (χ2n) is 10.2. The van der Waals surface area contributed by atoms with Crippen molar-refractivity contribution in [1.29, 1.82) is 0 Å². The van der Waals surface area contributed by atoms with Gasteiger partial charge in [0, 0.05) is 6.61 Å². The van der Waals surface area contributed by atoms with Gasteiger partial charge in [0.1, 0.15) is 5.75 Å². The van der Waals surface area contributed by atoms with E-state index >= 15 is 0 Å². The normalized spacial score (nSPS) is 16.7. The first-order valence-corrected chi connectivity index (χ1v) is 14.1. The van der Waals surface area contributed by atoms with Gasteiger partial charge in [-0.1, -0.05) is 58.1 Å². The number of methoxy groups -OCH3 is 1. The fourth-order valence-electron chi connectivity index (χ4n) is 2.81. The fourth-order valence-corrected chi connectivity index (χ4v) is 3.93. The van der Waals surface area contributed by atoms with E-state index in [0.717, 1.165) is 11.3 Å². The number of hydrogen-bond donors (Lipinski definition) is 1. The maximum absolute atomic E-state index is 10.7. The van der Waals surface area contributed by atoms with Crippen molar-refractivity contribution in [3.05, 3.63) is 54.6 Å². The van der Waals surface area contributed by atoms with Crippen molar-refractivity contribution in [2.75, 3.05) is 13.7 Å². The minimum atomic E-state index is -1.75. The summed E-state index contributed by atoms with van der Waals surface area (Å²) in [5.41, 5.74) is 0.336. The Morgan fingerprint density at radius 1 is 1.13 bits per heavy atom. The van der Waals surface area contributed by atoms with Gasteiger partial charge in [-0.2, -0.15) is 0 Å². The lowest BCUT2D eigenvalue weighted by molar-refractivity contribution is -0.117. The Morgan fingerprint density at radius 3 is 2.26 bits per heavy atom. The molecular formula is C26H44O4Si. The molecule has 0 unspecified atom stereocenters. The minimum absolute atomic E-state index is 0.207. The van der Waals surface area contributed by atoms with Gasteiger partial charge in [-0.05, 0) is 61.5 Å². The first-order chi connectivity index (χ1) is 14.3. The highest BCUT2D eigenvalue weighted by Crippen LogP contribution is 2.36. The lowest BCUT2D eigenvalue weighted by Crippen LogP contribution is -2.42. The molecule has 0 aliphatic heterocycles. The molecule has 0 spiro atoms. The SMILES string of the molecule is C=CC[C@@H](O)[C@@](C)(C/C=C/[C@@H](C)CO[Si](C)(C)C(C)(C)C)OCc1ccc(OC)cc1. The summed E-state index contributed by atoms with van der Waals surface area (Å²) in [6.45, 7) is 20.4. The van der Waals surface area contributed by atoms with Gasteiger partial charge in [0.25, 0.3) is 0 Å². The first-order valence-electron chi connectivity index (χ1n) is 11.2. The molecule has 1 aromatic rings. The molecule has 0 amide bonds. The Kier molecular flexibility index (Phi) is 10.7. The number of aliphatic hydroxyl groups excluding tert-OH is 1. The third kappa shape index (κ3) is 8.93. The van der Waals surface area contributed by atoms with Gasteiger partial charge in [-0.15, -0.1) is 6.58 Å². The Morgan fingerprint density at radius 2 is 1.74 bits per heavy atom. The van der Waals surface area contributed by atoms with Crippen LogP contribution in [-0.2, 0) is 15.8 Å². The van der Waals surface area contributed by atoms with Crippen LogP contribution in [0, 0.1) is 5.92 Å². The molecule has 5 heteroatoms. The van der Waals surface area contributed by atoms with Gasteiger partial charge in [0.05, 0.1) is 25.4 Å². The van der Waals surface area contributed by atoms with Crippen LogP contribution in [0.2, 0.25) is 18.1 Å². The molecule has 0 saturated carbocycles. The van der Waals surface area contributed by atoms with Crippen LogP contribution in [0.3, 0.4) is 0 Å². The second kappa shape index (κ2) is 12.0. The molecule has 0 aliphatic rings. The van der Waals surface area contributed by atoms with Gasteiger partial charge in [0.2, 0.25) is 0 Å². The monoisotopic (exact) mass is 448 g/mol. The molecule has 3 atom stereocenters. The van der Waals surface area contributed by atoms with Crippen molar-refractivity contribution in [2.24, 2.45) is 5.92 Å². The largest absolute Gasteiger partial charge is 0.497 e. The van der Waals surface area contributed by atoms with Crippen molar-refractivity contribution in [2.45, 2.75) is 83.9 Å². The van der Waals surface area contributed by atoms with E-state index in [9.17, 15) is 5.11 Å². The zero-order chi connectivity index (χ0) is 23.7. The Balaban J connectivity index is 2.73. The third-order valence-corrected chi connectivity index (χ3v) is 10.8. The van der Waals surface area contributed by atoms with Crippen LogP contribution in [-0.4, -0.2) is 38.8 Å². The zero-order valence-electron chi connectivity index (χ0n) is 20.9. The molecule has 0 saturated heterocycles. The van der Waals surface area contributed by atoms with Crippen molar-refractivity contribution in [1.82, 2.24) is 0 Å². The third-order valence-electron chi connectivity index (χ3n) is 6.32. The van der Waals surface area contributed by atoms with Crippen molar-refractivity contribution >= 4 is 8.32 Å². The molecule has 1 aromatic carbocycles. The van der Waals surface area contributed by atoms with Crippen molar-refractivity contribution < 1.29 is 19.0 Å². The second-order valence-corrected chi connectivity index (χ2v) is 15.0. The van der Waals surface area contributed by atoms with E-state index in [2.05, 4.69) is 59.5 Å². The summed E-state index contributed by atoms with van der Waals surface area (Å²) in [5.74, 6) is 1.12. The van der Waals surface area contributed by atoms with E-state index in [0.29, 0.717) is 32.0 Å². The molecule has 0 fully saturated rings. The molecule has 4 nitrogen and oxygen atoms in total. The predicted octanol–water partition coefficient (Wildman–Crippen LogP) is 6.51. The summed E-state index contributed by atoms with van der Waals surface area (Å²) in [6.07, 6.45) is 6.48. The van der Waals surface area contributed by atoms with Crippen LogP contribution < -0.4 is 4.74 Å². The number of rotatable bonds is 13. The molecular weight excluding hydrogens is 404 g/mol. The predicted molar refractivity (Wildman–Crippen MR) is 133 cm³/mol. The summed E-state index contributed by atoms with van der Waals surface area (Å²) >= 11 is 0. The molecule has 0 heterocycles. The van der Waals surface area contributed by atoms with Crippen molar-refractivity contribution in [3.63, 3.8) is 0 Å². The number of aliphatic hydroxyl groups is 1. The maximum Gasteiger partial charge on any atom is 0.192 e. The van der Waals surface area contributed by atoms with Crippen LogP contribution >= 0.6 is 0 Å². The molecule has 0 radical (unpaired) electrons.